The number of carbonyl (C=O) groups excluding carboxylic acids is 1. The summed E-state index contributed by atoms with van der Waals surface area (Å²) in [6, 6.07) is 4.83. The summed E-state index contributed by atoms with van der Waals surface area (Å²) >= 11 is 0. The van der Waals surface area contributed by atoms with Gasteiger partial charge in [-0.3, -0.25) is 4.79 Å². The summed E-state index contributed by atoms with van der Waals surface area (Å²) in [4.78, 5) is 11.3. The highest BCUT2D eigenvalue weighted by Gasteiger charge is 2.12. The van der Waals surface area contributed by atoms with E-state index in [1.807, 2.05) is 0 Å². The number of nitrogens with two attached hydrogens (primary N) is 1. The van der Waals surface area contributed by atoms with Crippen LogP contribution in [-0.4, -0.2) is 18.1 Å². The van der Waals surface area contributed by atoms with Crippen molar-refractivity contribution in [3.05, 3.63) is 29.3 Å². The quantitative estimate of drug-likeness (QED) is 0.609. The second-order valence-corrected chi connectivity index (χ2v) is 2.59. The Bertz CT molecular complexity index is 323. The molecule has 0 bridgehead atoms. The molecule has 4 heteroatoms. The van der Waals surface area contributed by atoms with E-state index in [0.29, 0.717) is 5.56 Å². The Labute approximate surface area is 76.4 Å². The fraction of sp³-hybridized carbons (Fsp3) is 0.222. The van der Waals surface area contributed by atoms with E-state index >= 15 is 0 Å². The van der Waals surface area contributed by atoms with Gasteiger partial charge in [-0.05, 0) is 11.6 Å². The Morgan fingerprint density at radius 1 is 1.62 bits per heavy atom. The number of phenols is 1. The highest BCUT2D eigenvalue weighted by Crippen LogP contribution is 2.20. The summed E-state index contributed by atoms with van der Waals surface area (Å²) in [5.41, 5.74) is 6.32. The molecule has 0 saturated heterocycles. The van der Waals surface area contributed by atoms with Gasteiger partial charge in [0.1, 0.15) is 5.75 Å². The molecular weight excluding hydrogens is 168 g/mol. The highest BCUT2D eigenvalue weighted by molar-refractivity contribution is 5.98. The zero-order valence-electron chi connectivity index (χ0n) is 7.37. The van der Waals surface area contributed by atoms with Gasteiger partial charge in [0, 0.05) is 13.6 Å². The molecule has 0 unspecified atom stereocenters. The van der Waals surface area contributed by atoms with Crippen LogP contribution in [0.2, 0.25) is 0 Å². The number of amides is 1. The van der Waals surface area contributed by atoms with E-state index in [2.05, 4.69) is 5.32 Å². The summed E-state index contributed by atoms with van der Waals surface area (Å²) in [6.45, 7) is 0.233. The molecule has 0 heterocycles. The standard InChI is InChI=1S/C9H12N2O2/c1-11-9(13)8-6(5-10)3-2-4-7(8)12/h2-4,12H,5,10H2,1H3,(H,11,13). The average molecular weight is 180 g/mol. The molecule has 1 aromatic rings. The summed E-state index contributed by atoms with van der Waals surface area (Å²) in [7, 11) is 1.51. The predicted molar refractivity (Wildman–Crippen MR) is 49.4 cm³/mol. The van der Waals surface area contributed by atoms with Crippen molar-refractivity contribution in [3.8, 4) is 5.75 Å². The number of aromatic hydroxyl groups is 1. The van der Waals surface area contributed by atoms with E-state index < -0.39 is 0 Å². The zero-order chi connectivity index (χ0) is 9.84. The number of nitrogens with one attached hydrogen (secondary N) is 1. The van der Waals surface area contributed by atoms with Crippen LogP contribution in [-0.2, 0) is 6.54 Å². The topological polar surface area (TPSA) is 75.3 Å². The Morgan fingerprint density at radius 2 is 2.31 bits per heavy atom. The third kappa shape index (κ3) is 1.78. The van der Waals surface area contributed by atoms with Gasteiger partial charge >= 0.3 is 0 Å². The number of phenolic OH excluding ortho intramolecular Hbond substituents is 1. The van der Waals surface area contributed by atoms with Crippen LogP contribution in [0.5, 0.6) is 5.75 Å². The molecule has 13 heavy (non-hydrogen) atoms. The number of benzene rings is 1. The van der Waals surface area contributed by atoms with Crippen molar-refractivity contribution < 1.29 is 9.90 Å². The van der Waals surface area contributed by atoms with Crippen LogP contribution in [0.1, 0.15) is 15.9 Å². The molecule has 0 saturated carbocycles. The summed E-state index contributed by atoms with van der Waals surface area (Å²) in [5.74, 6) is -0.360. The lowest BCUT2D eigenvalue weighted by Crippen LogP contribution is -2.20. The van der Waals surface area contributed by atoms with Gasteiger partial charge in [0.15, 0.2) is 0 Å². The van der Waals surface area contributed by atoms with Crippen molar-refractivity contribution in [2.24, 2.45) is 5.73 Å². The molecule has 70 valence electrons. The minimum Gasteiger partial charge on any atom is -0.507 e. The first-order chi connectivity index (χ1) is 6.20. The van der Waals surface area contributed by atoms with Crippen molar-refractivity contribution in [1.82, 2.24) is 5.32 Å². The normalized spacial score (nSPS) is 9.69. The maximum Gasteiger partial charge on any atom is 0.255 e. The molecule has 1 aromatic carbocycles. The third-order valence-corrected chi connectivity index (χ3v) is 1.80. The minimum atomic E-state index is -0.321. The summed E-state index contributed by atoms with van der Waals surface area (Å²) < 4.78 is 0. The number of carbonyl (C=O) groups is 1. The van der Waals surface area contributed by atoms with Crippen LogP contribution >= 0.6 is 0 Å². The molecule has 1 amide bonds. The molecule has 0 aliphatic heterocycles. The average Bonchev–Trinajstić information content (AvgIpc) is 2.16. The largest absolute Gasteiger partial charge is 0.507 e. The molecule has 0 atom stereocenters. The number of hydrogen-bond acceptors (Lipinski definition) is 3. The predicted octanol–water partition coefficient (Wildman–Crippen LogP) is 0.211. The van der Waals surface area contributed by atoms with Gasteiger partial charge in [0.05, 0.1) is 5.56 Å². The number of rotatable bonds is 2. The lowest BCUT2D eigenvalue weighted by atomic mass is 10.1. The molecule has 1 rings (SSSR count). The van der Waals surface area contributed by atoms with Crippen LogP contribution in [0, 0.1) is 0 Å². The lowest BCUT2D eigenvalue weighted by Gasteiger charge is -2.07. The van der Waals surface area contributed by atoms with Crippen molar-refractivity contribution in [3.63, 3.8) is 0 Å². The first kappa shape index (κ1) is 9.54. The molecule has 0 radical (unpaired) electrons. The van der Waals surface area contributed by atoms with Crippen LogP contribution in [0.15, 0.2) is 18.2 Å². The van der Waals surface area contributed by atoms with E-state index in [1.165, 1.54) is 13.1 Å². The van der Waals surface area contributed by atoms with Crippen LogP contribution in [0.3, 0.4) is 0 Å². The van der Waals surface area contributed by atoms with Gasteiger partial charge in [0.25, 0.3) is 5.91 Å². The van der Waals surface area contributed by atoms with Crippen molar-refractivity contribution >= 4 is 5.91 Å². The van der Waals surface area contributed by atoms with Gasteiger partial charge in [-0.25, -0.2) is 0 Å². The molecule has 0 aliphatic rings. The van der Waals surface area contributed by atoms with E-state index in [1.54, 1.807) is 12.1 Å². The lowest BCUT2D eigenvalue weighted by molar-refractivity contribution is 0.0959. The smallest absolute Gasteiger partial charge is 0.255 e. The molecule has 0 spiro atoms. The van der Waals surface area contributed by atoms with E-state index in [-0.39, 0.29) is 23.8 Å². The molecule has 0 fully saturated rings. The van der Waals surface area contributed by atoms with E-state index in [9.17, 15) is 9.90 Å². The van der Waals surface area contributed by atoms with Crippen molar-refractivity contribution in [2.45, 2.75) is 6.54 Å². The first-order valence-electron chi connectivity index (χ1n) is 3.93. The van der Waals surface area contributed by atoms with E-state index in [4.69, 9.17) is 5.73 Å². The van der Waals surface area contributed by atoms with Crippen LogP contribution in [0.4, 0.5) is 0 Å². The van der Waals surface area contributed by atoms with Crippen LogP contribution < -0.4 is 11.1 Å². The van der Waals surface area contributed by atoms with Gasteiger partial charge in [-0.15, -0.1) is 0 Å². The van der Waals surface area contributed by atoms with Crippen LogP contribution in [0.25, 0.3) is 0 Å². The van der Waals surface area contributed by atoms with E-state index in [0.717, 1.165) is 0 Å². The second kappa shape index (κ2) is 3.91. The number of hydrogen-bond donors (Lipinski definition) is 3. The van der Waals surface area contributed by atoms with Gasteiger partial charge in [-0.1, -0.05) is 12.1 Å². The SMILES string of the molecule is CNC(=O)c1c(O)cccc1CN. The van der Waals surface area contributed by atoms with Crippen molar-refractivity contribution in [1.29, 1.82) is 0 Å². The van der Waals surface area contributed by atoms with Crippen molar-refractivity contribution in [2.75, 3.05) is 7.05 Å². The maximum atomic E-state index is 11.3. The minimum absolute atomic E-state index is 0.0395. The highest BCUT2D eigenvalue weighted by atomic mass is 16.3. The first-order valence-corrected chi connectivity index (χ1v) is 3.93. The van der Waals surface area contributed by atoms with Gasteiger partial charge in [-0.2, -0.15) is 0 Å². The summed E-state index contributed by atoms with van der Waals surface area (Å²) in [5, 5.41) is 11.8. The Balaban J connectivity index is 3.22. The van der Waals surface area contributed by atoms with Gasteiger partial charge in [0.2, 0.25) is 0 Å². The monoisotopic (exact) mass is 180 g/mol. The fourth-order valence-electron chi connectivity index (χ4n) is 1.14. The molecule has 0 aliphatic carbocycles. The Hall–Kier alpha value is -1.55. The second-order valence-electron chi connectivity index (χ2n) is 2.59. The third-order valence-electron chi connectivity index (χ3n) is 1.80. The summed E-state index contributed by atoms with van der Waals surface area (Å²) in [6.07, 6.45) is 0. The molecular formula is C9H12N2O2. The molecule has 0 aromatic heterocycles. The zero-order valence-corrected chi connectivity index (χ0v) is 7.37. The fourth-order valence-corrected chi connectivity index (χ4v) is 1.14. The Morgan fingerprint density at radius 3 is 2.85 bits per heavy atom. The maximum absolute atomic E-state index is 11.3. The van der Waals surface area contributed by atoms with Gasteiger partial charge < -0.3 is 16.2 Å². The molecule has 4 nitrogen and oxygen atoms in total. The Kier molecular flexibility index (Phi) is 2.87. The molecule has 4 N–H and O–H groups in total.